The molecule has 0 saturated carbocycles. The van der Waals surface area contributed by atoms with Crippen LogP contribution in [0.3, 0.4) is 0 Å². The van der Waals surface area contributed by atoms with E-state index in [9.17, 15) is 0 Å². The molecule has 0 heterocycles. The average Bonchev–Trinajstić information content (AvgIpc) is 2.39. The lowest BCUT2D eigenvalue weighted by Gasteiger charge is -2.12. The molecule has 0 saturated heterocycles. The summed E-state index contributed by atoms with van der Waals surface area (Å²) in [6.45, 7) is 8.92. The van der Waals surface area contributed by atoms with Gasteiger partial charge in [0.1, 0.15) is 17.2 Å². The second-order valence-corrected chi connectivity index (χ2v) is 5.47. The van der Waals surface area contributed by atoms with Crippen molar-refractivity contribution in [3.05, 3.63) is 48.5 Å². The van der Waals surface area contributed by atoms with Crippen LogP contribution >= 0.6 is 0 Å². The molecule has 0 spiro atoms. The Morgan fingerprint density at radius 3 is 2.05 bits per heavy atom. The third kappa shape index (κ3) is 5.18. The summed E-state index contributed by atoms with van der Waals surface area (Å²) in [6, 6.07) is 15.9. The number of rotatable bonds is 5. The minimum atomic E-state index is 0. The van der Waals surface area contributed by atoms with Crippen LogP contribution in [-0.4, -0.2) is 12.8 Å². The summed E-state index contributed by atoms with van der Waals surface area (Å²) in [7, 11) is 0. The third-order valence-electron chi connectivity index (χ3n) is 2.96. The first kappa shape index (κ1) is 17.2. The first-order valence-corrected chi connectivity index (χ1v) is 7.09. The number of benzene rings is 2. The van der Waals surface area contributed by atoms with Gasteiger partial charge in [0, 0.05) is 6.07 Å². The van der Waals surface area contributed by atoms with Crippen molar-refractivity contribution in [2.45, 2.75) is 41.0 Å². The first-order valence-electron chi connectivity index (χ1n) is 7.09. The van der Waals surface area contributed by atoms with Gasteiger partial charge in [0.05, 0.1) is 6.10 Å². The molecule has 2 aromatic carbocycles. The normalized spacial score (nSPS) is 9.95. The van der Waals surface area contributed by atoms with Gasteiger partial charge >= 0.3 is 0 Å². The topological polar surface area (TPSA) is 18.5 Å². The van der Waals surface area contributed by atoms with Crippen LogP contribution in [0.15, 0.2) is 48.5 Å². The Hall–Kier alpha value is -1.90. The molecule has 0 bridgehead atoms. The fraction of sp³-hybridized carbons (Fsp3) is 0.333. The Balaban J connectivity index is 0.00000220. The van der Waals surface area contributed by atoms with Gasteiger partial charge in [-0.15, -0.1) is 0 Å². The van der Waals surface area contributed by atoms with Crippen molar-refractivity contribution in [3.63, 3.8) is 0 Å². The molecule has 21 heavy (non-hydrogen) atoms. The van der Waals surface area contributed by atoms with Gasteiger partial charge in [0.25, 0.3) is 0 Å². The van der Waals surface area contributed by atoms with Gasteiger partial charge < -0.3 is 9.47 Å². The van der Waals surface area contributed by atoms with Crippen LogP contribution in [0.25, 0.3) is 0 Å². The van der Waals surface area contributed by atoms with Crippen molar-refractivity contribution >= 4 is 12.2 Å². The van der Waals surface area contributed by atoms with E-state index >= 15 is 0 Å². The summed E-state index contributed by atoms with van der Waals surface area (Å²) in [5.41, 5.74) is 1.31. The minimum absolute atomic E-state index is 0. The highest BCUT2D eigenvalue weighted by Crippen LogP contribution is 2.25. The van der Waals surface area contributed by atoms with Crippen molar-refractivity contribution in [1.29, 1.82) is 0 Å². The van der Waals surface area contributed by atoms with Crippen LogP contribution in [0.1, 0.15) is 21.3 Å². The maximum absolute atomic E-state index is 5.86. The average molecular weight is 284 g/mol. The molecule has 0 aliphatic carbocycles. The van der Waals surface area contributed by atoms with Crippen LogP contribution in [0, 0.1) is 0 Å². The van der Waals surface area contributed by atoms with E-state index in [4.69, 9.17) is 9.47 Å². The zero-order chi connectivity index (χ0) is 14.5. The van der Waals surface area contributed by atoms with Crippen molar-refractivity contribution < 1.29 is 9.47 Å². The van der Waals surface area contributed by atoms with E-state index < -0.39 is 0 Å². The highest BCUT2D eigenvalue weighted by atomic mass is 16.5. The van der Waals surface area contributed by atoms with Crippen LogP contribution in [-0.2, 0) is 0 Å². The fourth-order valence-electron chi connectivity index (χ4n) is 1.94. The zero-order valence-corrected chi connectivity index (χ0v) is 12.6. The molecule has 0 atom stereocenters. The molecule has 112 valence electrons. The number of hydrogen-bond donors (Lipinski definition) is 0. The van der Waals surface area contributed by atoms with Gasteiger partial charge in [-0.25, -0.2) is 0 Å². The molecular weight excluding hydrogens is 259 g/mol. The predicted molar refractivity (Wildman–Crippen MR) is 92.6 cm³/mol. The quantitative estimate of drug-likeness (QED) is 0.730. The molecule has 2 rings (SSSR count). The van der Waals surface area contributed by atoms with Gasteiger partial charge in [-0.3, -0.25) is 0 Å². The van der Waals surface area contributed by atoms with Gasteiger partial charge in [-0.1, -0.05) is 44.7 Å². The molecule has 2 nitrogen and oxygen atoms in total. The minimum Gasteiger partial charge on any atom is -0.491 e. The SMILES string of the molecule is C.CB(C)c1ccc(Oc2cccc(OC(C)C)c2)cc1. The lowest BCUT2D eigenvalue weighted by molar-refractivity contribution is 0.241. The predicted octanol–water partition coefficient (Wildman–Crippen LogP) is 4.86. The lowest BCUT2D eigenvalue weighted by Crippen LogP contribution is -2.21. The van der Waals surface area contributed by atoms with Crippen molar-refractivity contribution in [2.24, 2.45) is 0 Å². The van der Waals surface area contributed by atoms with Gasteiger partial charge in [-0.2, -0.15) is 0 Å². The smallest absolute Gasteiger partial charge is 0.169 e. The Bertz CT molecular complexity index is 547. The van der Waals surface area contributed by atoms with Crippen LogP contribution in [0.2, 0.25) is 13.6 Å². The highest BCUT2D eigenvalue weighted by Gasteiger charge is 2.04. The molecule has 0 aliphatic heterocycles. The summed E-state index contributed by atoms with van der Waals surface area (Å²) in [5.74, 6) is 2.47. The van der Waals surface area contributed by atoms with Gasteiger partial charge in [-0.05, 0) is 38.1 Å². The summed E-state index contributed by atoms with van der Waals surface area (Å²) >= 11 is 0. The molecule has 0 aromatic heterocycles. The van der Waals surface area contributed by atoms with Crippen molar-refractivity contribution in [2.75, 3.05) is 0 Å². The van der Waals surface area contributed by atoms with E-state index in [0.29, 0.717) is 6.71 Å². The fourth-order valence-corrected chi connectivity index (χ4v) is 1.94. The second-order valence-electron chi connectivity index (χ2n) is 5.47. The maximum Gasteiger partial charge on any atom is 0.169 e. The molecule has 0 N–H and O–H groups in total. The summed E-state index contributed by atoms with van der Waals surface area (Å²) in [4.78, 5) is 0. The Morgan fingerprint density at radius 2 is 1.48 bits per heavy atom. The molecule has 0 amide bonds. The zero-order valence-electron chi connectivity index (χ0n) is 12.6. The van der Waals surface area contributed by atoms with E-state index in [0.717, 1.165) is 17.2 Å². The molecule has 0 aliphatic rings. The molecule has 0 fully saturated rings. The van der Waals surface area contributed by atoms with E-state index in [1.807, 2.05) is 50.2 Å². The highest BCUT2D eigenvalue weighted by molar-refractivity contribution is 6.70. The Labute approximate surface area is 129 Å². The van der Waals surface area contributed by atoms with Gasteiger partial charge in [0.2, 0.25) is 0 Å². The first-order chi connectivity index (χ1) is 9.54. The Morgan fingerprint density at radius 1 is 0.857 bits per heavy atom. The molecule has 3 heteroatoms. The standard InChI is InChI=1S/C17H21BO2.CH4/c1-13(2)19-16-6-5-7-17(12-16)20-15-10-8-14(9-11-15)18(3)4;/h5-13H,1-4H3;1H4. The van der Waals surface area contributed by atoms with E-state index in [1.165, 1.54) is 5.46 Å². The van der Waals surface area contributed by atoms with E-state index in [2.05, 4.69) is 25.8 Å². The van der Waals surface area contributed by atoms with Crippen molar-refractivity contribution in [3.8, 4) is 17.2 Å². The van der Waals surface area contributed by atoms with Gasteiger partial charge in [0.15, 0.2) is 6.71 Å². The van der Waals surface area contributed by atoms with Crippen LogP contribution in [0.4, 0.5) is 0 Å². The maximum atomic E-state index is 5.86. The molecular formula is C18H25BO2. The monoisotopic (exact) mass is 284 g/mol. The lowest BCUT2D eigenvalue weighted by atomic mass is 9.49. The summed E-state index contributed by atoms with van der Waals surface area (Å²) in [6.07, 6.45) is 0.163. The largest absolute Gasteiger partial charge is 0.491 e. The molecule has 0 unspecified atom stereocenters. The molecule has 2 aromatic rings. The Kier molecular flexibility index (Phi) is 6.35. The number of ether oxygens (including phenoxy) is 2. The van der Waals surface area contributed by atoms with Crippen LogP contribution < -0.4 is 14.9 Å². The van der Waals surface area contributed by atoms with E-state index in [1.54, 1.807) is 0 Å². The third-order valence-corrected chi connectivity index (χ3v) is 2.96. The van der Waals surface area contributed by atoms with Crippen LogP contribution in [0.5, 0.6) is 17.2 Å². The summed E-state index contributed by atoms with van der Waals surface area (Å²) in [5, 5.41) is 0. The summed E-state index contributed by atoms with van der Waals surface area (Å²) < 4.78 is 11.5. The van der Waals surface area contributed by atoms with E-state index in [-0.39, 0.29) is 13.5 Å². The molecule has 0 radical (unpaired) electrons. The van der Waals surface area contributed by atoms with Crippen molar-refractivity contribution in [1.82, 2.24) is 0 Å². The number of hydrogen-bond acceptors (Lipinski definition) is 2. The second kappa shape index (κ2) is 7.77.